The number of carbonyl (C=O) groups is 1. The van der Waals surface area contributed by atoms with Crippen molar-refractivity contribution in [2.45, 2.75) is 45.2 Å². The van der Waals surface area contributed by atoms with Gasteiger partial charge in [0, 0.05) is 31.9 Å². The molecule has 0 radical (unpaired) electrons. The van der Waals surface area contributed by atoms with E-state index in [4.69, 9.17) is 16.3 Å². The molecule has 1 amide bonds. The third-order valence-electron chi connectivity index (χ3n) is 8.08. The summed E-state index contributed by atoms with van der Waals surface area (Å²) in [6.07, 6.45) is 6.93. The van der Waals surface area contributed by atoms with Crippen molar-refractivity contribution in [2.24, 2.45) is 5.92 Å². The van der Waals surface area contributed by atoms with Crippen LogP contribution in [0.5, 0.6) is 0 Å². The van der Waals surface area contributed by atoms with Gasteiger partial charge in [-0.15, -0.1) is 0 Å². The fourth-order valence-electron chi connectivity index (χ4n) is 5.87. The van der Waals surface area contributed by atoms with Gasteiger partial charge in [0.05, 0.1) is 52.4 Å². The number of nitrogens with zero attached hydrogens (tertiary/aromatic N) is 5. The number of hydrogen-bond donors (Lipinski definition) is 1. The van der Waals surface area contributed by atoms with Crippen LogP contribution in [0.3, 0.4) is 0 Å². The first-order chi connectivity index (χ1) is 19.5. The maximum absolute atomic E-state index is 13.8. The molecule has 1 N–H and O–H groups in total. The van der Waals surface area contributed by atoms with E-state index in [-0.39, 0.29) is 17.6 Å². The first-order valence-corrected chi connectivity index (χ1v) is 14.3. The molecule has 1 aromatic carbocycles. The van der Waals surface area contributed by atoms with E-state index in [2.05, 4.69) is 20.2 Å². The van der Waals surface area contributed by atoms with Crippen LogP contribution in [0.15, 0.2) is 59.7 Å². The Morgan fingerprint density at radius 3 is 2.50 bits per heavy atom. The normalized spacial score (nSPS) is 19.6. The number of benzene rings is 1. The zero-order valence-electron chi connectivity index (χ0n) is 22.6. The lowest BCUT2D eigenvalue weighted by atomic mass is 9.85. The zero-order valence-corrected chi connectivity index (χ0v) is 23.3. The van der Waals surface area contributed by atoms with Gasteiger partial charge in [0.1, 0.15) is 5.82 Å². The highest BCUT2D eigenvalue weighted by atomic mass is 35.5. The Morgan fingerprint density at radius 1 is 1.02 bits per heavy atom. The average Bonchev–Trinajstić information content (AvgIpc) is 3.26. The van der Waals surface area contributed by atoms with Crippen molar-refractivity contribution in [3.05, 3.63) is 81.6 Å². The van der Waals surface area contributed by atoms with E-state index in [1.165, 1.54) is 0 Å². The van der Waals surface area contributed by atoms with Gasteiger partial charge < -0.3 is 15.0 Å². The van der Waals surface area contributed by atoms with Crippen LogP contribution in [0.1, 0.15) is 41.7 Å². The molecule has 2 fully saturated rings. The summed E-state index contributed by atoms with van der Waals surface area (Å²) in [5.74, 6) is 1.11. The minimum absolute atomic E-state index is 0.0542. The Balaban J connectivity index is 1.16. The molecule has 0 spiro atoms. The molecule has 208 valence electrons. The van der Waals surface area contributed by atoms with Crippen LogP contribution < -0.4 is 15.9 Å². The fourth-order valence-corrected chi connectivity index (χ4v) is 6.03. The van der Waals surface area contributed by atoms with Crippen molar-refractivity contribution in [2.75, 3.05) is 31.2 Å². The second-order valence-corrected chi connectivity index (χ2v) is 11.1. The quantitative estimate of drug-likeness (QED) is 0.376. The molecular weight excluding hydrogens is 528 g/mol. The van der Waals surface area contributed by atoms with E-state index < -0.39 is 0 Å². The van der Waals surface area contributed by atoms with Crippen molar-refractivity contribution < 1.29 is 9.53 Å². The topological polar surface area (TPSA) is 94.3 Å². The van der Waals surface area contributed by atoms with Crippen molar-refractivity contribution in [3.63, 3.8) is 0 Å². The number of morpholine rings is 1. The average molecular weight is 561 g/mol. The van der Waals surface area contributed by atoms with E-state index >= 15 is 0 Å². The molecule has 0 unspecified atom stereocenters. The van der Waals surface area contributed by atoms with Gasteiger partial charge in [-0.3, -0.25) is 18.9 Å². The largest absolute Gasteiger partial charge is 0.378 e. The summed E-state index contributed by atoms with van der Waals surface area (Å²) in [5, 5.41) is 3.61. The summed E-state index contributed by atoms with van der Waals surface area (Å²) in [4.78, 5) is 37.7. The molecular formula is C30H33ClN6O3. The maximum atomic E-state index is 13.8. The number of para-hydroxylation sites is 2. The van der Waals surface area contributed by atoms with E-state index in [0.29, 0.717) is 42.0 Å². The van der Waals surface area contributed by atoms with Gasteiger partial charge >= 0.3 is 5.69 Å². The van der Waals surface area contributed by atoms with E-state index in [0.717, 1.165) is 61.3 Å². The predicted octanol–water partition coefficient (Wildman–Crippen LogP) is 4.37. The number of halogens is 1. The molecule has 4 aromatic rings. The Bertz CT molecular complexity index is 1570. The Morgan fingerprint density at radius 2 is 1.77 bits per heavy atom. The van der Waals surface area contributed by atoms with Crippen molar-refractivity contribution in [3.8, 4) is 5.69 Å². The summed E-state index contributed by atoms with van der Waals surface area (Å²) in [7, 11) is 0. The van der Waals surface area contributed by atoms with Crippen molar-refractivity contribution >= 4 is 34.4 Å². The van der Waals surface area contributed by atoms with Crippen LogP contribution in [0.25, 0.3) is 16.7 Å². The summed E-state index contributed by atoms with van der Waals surface area (Å²) in [5.41, 5.74) is 3.68. The number of fused-ring (bicyclic) bond motifs is 1. The van der Waals surface area contributed by atoms with Gasteiger partial charge in [-0.1, -0.05) is 23.7 Å². The van der Waals surface area contributed by atoms with Gasteiger partial charge in [0.15, 0.2) is 0 Å². The minimum Gasteiger partial charge on any atom is -0.378 e. The van der Waals surface area contributed by atoms with Gasteiger partial charge in [-0.05, 0) is 68.9 Å². The monoisotopic (exact) mass is 560 g/mol. The highest BCUT2D eigenvalue weighted by Crippen LogP contribution is 2.28. The zero-order chi connectivity index (χ0) is 27.6. The number of carbonyl (C=O) groups excluding carboxylic acids is 1. The highest BCUT2D eigenvalue weighted by Gasteiger charge is 2.26. The van der Waals surface area contributed by atoms with Crippen LogP contribution in [-0.2, 0) is 11.3 Å². The molecule has 3 aromatic heterocycles. The van der Waals surface area contributed by atoms with E-state index in [1.54, 1.807) is 23.0 Å². The molecule has 9 nitrogen and oxygen atoms in total. The highest BCUT2D eigenvalue weighted by molar-refractivity contribution is 6.30. The number of nitrogens with one attached hydrogen (secondary N) is 1. The lowest BCUT2D eigenvalue weighted by molar-refractivity contribution is 0.0919. The van der Waals surface area contributed by atoms with Crippen molar-refractivity contribution in [1.29, 1.82) is 0 Å². The van der Waals surface area contributed by atoms with Gasteiger partial charge in [0.2, 0.25) is 0 Å². The van der Waals surface area contributed by atoms with Gasteiger partial charge in [-0.25, -0.2) is 9.78 Å². The van der Waals surface area contributed by atoms with Crippen LogP contribution in [0.2, 0.25) is 5.02 Å². The number of aromatic nitrogens is 4. The van der Waals surface area contributed by atoms with E-state index in [9.17, 15) is 9.59 Å². The molecule has 6 rings (SSSR count). The molecule has 10 heteroatoms. The van der Waals surface area contributed by atoms with Crippen LogP contribution in [0.4, 0.5) is 5.82 Å². The maximum Gasteiger partial charge on any atom is 0.333 e. The van der Waals surface area contributed by atoms with Crippen LogP contribution in [0, 0.1) is 12.8 Å². The first-order valence-electron chi connectivity index (χ1n) is 13.9. The molecule has 4 heterocycles. The number of imidazole rings is 1. The second-order valence-electron chi connectivity index (χ2n) is 10.7. The second kappa shape index (κ2) is 11.4. The van der Waals surface area contributed by atoms with Crippen molar-refractivity contribution in [1.82, 2.24) is 24.4 Å². The molecule has 1 saturated carbocycles. The number of aryl methyl sites for hydroxylation is 1. The van der Waals surface area contributed by atoms with Crippen LogP contribution in [-0.4, -0.2) is 57.4 Å². The summed E-state index contributed by atoms with van der Waals surface area (Å²) >= 11 is 6.05. The number of pyridine rings is 2. The summed E-state index contributed by atoms with van der Waals surface area (Å²) in [6.45, 7) is 5.48. The lowest BCUT2D eigenvalue weighted by Crippen LogP contribution is -2.39. The van der Waals surface area contributed by atoms with Gasteiger partial charge in [-0.2, -0.15) is 0 Å². The third-order valence-corrected chi connectivity index (χ3v) is 8.29. The molecule has 40 heavy (non-hydrogen) atoms. The minimum atomic E-state index is -0.136. The SMILES string of the molecule is Cc1ncc(Cl)cc1C(=O)NC1CCC(Cn2c(=O)n(-c3ccc(N4CCOCC4)nc3)c3ccccc32)CC1. The van der Waals surface area contributed by atoms with E-state index in [1.807, 2.05) is 47.9 Å². The predicted molar refractivity (Wildman–Crippen MR) is 156 cm³/mol. The number of hydrogen-bond acceptors (Lipinski definition) is 6. The fraction of sp³-hybridized carbons (Fsp3) is 0.400. The summed E-state index contributed by atoms with van der Waals surface area (Å²) < 4.78 is 9.11. The third kappa shape index (κ3) is 5.36. The molecule has 2 aliphatic rings. The smallest absolute Gasteiger partial charge is 0.333 e. The Hall–Kier alpha value is -3.69. The summed E-state index contributed by atoms with van der Waals surface area (Å²) in [6, 6.07) is 13.6. The van der Waals surface area contributed by atoms with Gasteiger partial charge in [0.25, 0.3) is 5.91 Å². The standard InChI is InChI=1S/C30H33ClN6O3/c1-20-25(16-22(31)17-32-20)29(38)34-23-8-6-21(7-9-23)19-36-26-4-2-3-5-27(26)37(30(36)39)24-10-11-28(33-18-24)35-12-14-40-15-13-35/h2-5,10-11,16-18,21,23H,6-9,12-15,19H2,1H3,(H,34,38). The number of amides is 1. The Kier molecular flexibility index (Phi) is 7.58. The first kappa shape index (κ1) is 26.5. The molecule has 1 aliphatic carbocycles. The number of rotatable bonds is 6. The number of ether oxygens (including phenoxy) is 1. The molecule has 0 bridgehead atoms. The molecule has 1 saturated heterocycles. The number of anilines is 1. The molecule has 1 aliphatic heterocycles. The lowest BCUT2D eigenvalue weighted by Gasteiger charge is -2.29. The van der Waals surface area contributed by atoms with Crippen LogP contribution >= 0.6 is 11.6 Å². The Labute approximate surface area is 237 Å². The molecule has 0 atom stereocenters.